The molecule has 1 amide bonds. The van der Waals surface area contributed by atoms with Crippen LogP contribution in [0.5, 0.6) is 11.8 Å². The van der Waals surface area contributed by atoms with Crippen molar-refractivity contribution >= 4 is 5.91 Å². The van der Waals surface area contributed by atoms with Crippen molar-refractivity contribution in [2.45, 2.75) is 12.5 Å². The van der Waals surface area contributed by atoms with Crippen LogP contribution < -0.4 is 9.47 Å². The van der Waals surface area contributed by atoms with Crippen molar-refractivity contribution in [1.29, 1.82) is 0 Å². The van der Waals surface area contributed by atoms with Crippen LogP contribution in [0.3, 0.4) is 0 Å². The molecular formula is C17H25N3O4. The quantitative estimate of drug-likeness (QED) is 0.817. The van der Waals surface area contributed by atoms with E-state index in [4.69, 9.17) is 14.2 Å². The summed E-state index contributed by atoms with van der Waals surface area (Å²) in [5.74, 6) is 1.18. The monoisotopic (exact) mass is 335 g/mol. The fraction of sp³-hybridized carbons (Fsp3) is 0.647. The molecule has 1 aromatic rings. The lowest BCUT2D eigenvalue weighted by Gasteiger charge is -2.41. The molecule has 2 aliphatic rings. The van der Waals surface area contributed by atoms with E-state index in [0.29, 0.717) is 35.8 Å². The molecule has 7 nitrogen and oxygen atoms in total. The average molecular weight is 335 g/mol. The first-order valence-corrected chi connectivity index (χ1v) is 8.30. The molecule has 2 aliphatic heterocycles. The van der Waals surface area contributed by atoms with Gasteiger partial charge in [-0.2, -0.15) is 4.98 Å². The van der Waals surface area contributed by atoms with Crippen molar-refractivity contribution in [1.82, 2.24) is 14.8 Å². The molecule has 0 aromatic carbocycles. The summed E-state index contributed by atoms with van der Waals surface area (Å²) in [5, 5.41) is 0. The summed E-state index contributed by atoms with van der Waals surface area (Å²) in [6.45, 7) is 3.87. The number of piperidine rings is 1. The van der Waals surface area contributed by atoms with E-state index >= 15 is 0 Å². The van der Waals surface area contributed by atoms with Crippen LogP contribution in [-0.2, 0) is 4.74 Å². The first kappa shape index (κ1) is 17.0. The molecule has 24 heavy (non-hydrogen) atoms. The fourth-order valence-corrected chi connectivity index (χ4v) is 3.49. The number of carbonyl (C=O) groups is 1. The third kappa shape index (κ3) is 3.32. The maximum Gasteiger partial charge on any atom is 0.259 e. The van der Waals surface area contributed by atoms with E-state index in [2.05, 4.69) is 16.9 Å². The van der Waals surface area contributed by atoms with Crippen LogP contribution in [0.1, 0.15) is 16.8 Å². The standard InChI is InChI=1S/C17H25N3O4/c1-19-8-9-24-11-12-6-7-20(10-14(12)19)17(21)13-4-5-15(22-2)18-16(13)23-3/h4-5,12,14H,6-11H2,1-3H3/t12-,14-/m1/s1. The Hall–Kier alpha value is -1.86. The Morgan fingerprint density at radius 1 is 1.29 bits per heavy atom. The molecule has 7 heteroatoms. The number of rotatable bonds is 3. The molecule has 132 valence electrons. The van der Waals surface area contributed by atoms with Crippen LogP contribution in [-0.4, -0.2) is 80.8 Å². The Labute approximate surface area is 142 Å². The van der Waals surface area contributed by atoms with Gasteiger partial charge in [-0.1, -0.05) is 0 Å². The number of nitrogens with zero attached hydrogens (tertiary/aromatic N) is 3. The van der Waals surface area contributed by atoms with E-state index < -0.39 is 0 Å². The van der Waals surface area contributed by atoms with Gasteiger partial charge in [0, 0.05) is 37.7 Å². The number of likely N-dealkylation sites (N-methyl/N-ethyl adjacent to an activating group) is 1. The summed E-state index contributed by atoms with van der Waals surface area (Å²) < 4.78 is 16.1. The number of ether oxygens (including phenoxy) is 3. The maximum absolute atomic E-state index is 13.0. The van der Waals surface area contributed by atoms with Crippen molar-refractivity contribution in [2.75, 3.05) is 54.1 Å². The number of methoxy groups -OCH3 is 2. The summed E-state index contributed by atoms with van der Waals surface area (Å²) in [6, 6.07) is 3.75. The number of carbonyl (C=O) groups excluding carboxylic acids is 1. The maximum atomic E-state index is 13.0. The van der Waals surface area contributed by atoms with E-state index in [-0.39, 0.29) is 5.91 Å². The Morgan fingerprint density at radius 2 is 2.12 bits per heavy atom. The largest absolute Gasteiger partial charge is 0.481 e. The SMILES string of the molecule is COc1ccc(C(=O)N2CC[C@@H]3COCCN(C)[C@@H]3C2)c(OC)n1. The van der Waals surface area contributed by atoms with Gasteiger partial charge in [0.15, 0.2) is 0 Å². The molecule has 2 fully saturated rings. The fourth-order valence-electron chi connectivity index (χ4n) is 3.49. The van der Waals surface area contributed by atoms with Crippen LogP contribution in [0, 0.1) is 5.92 Å². The zero-order valence-corrected chi connectivity index (χ0v) is 14.5. The number of aromatic nitrogens is 1. The minimum Gasteiger partial charge on any atom is -0.481 e. The van der Waals surface area contributed by atoms with Crippen LogP contribution in [0.25, 0.3) is 0 Å². The number of likely N-dealkylation sites (tertiary alicyclic amines) is 1. The minimum atomic E-state index is -0.0426. The van der Waals surface area contributed by atoms with Crippen molar-refractivity contribution in [3.05, 3.63) is 17.7 Å². The van der Waals surface area contributed by atoms with Gasteiger partial charge >= 0.3 is 0 Å². The predicted octanol–water partition coefficient (Wildman–Crippen LogP) is 0.891. The zero-order chi connectivity index (χ0) is 17.1. The van der Waals surface area contributed by atoms with Gasteiger partial charge in [-0.25, -0.2) is 0 Å². The van der Waals surface area contributed by atoms with E-state index in [1.54, 1.807) is 12.1 Å². The molecule has 3 heterocycles. The lowest BCUT2D eigenvalue weighted by atomic mass is 9.91. The van der Waals surface area contributed by atoms with E-state index in [0.717, 1.165) is 32.7 Å². The van der Waals surface area contributed by atoms with Gasteiger partial charge in [0.2, 0.25) is 11.8 Å². The molecule has 0 bridgehead atoms. The molecule has 0 radical (unpaired) electrons. The van der Waals surface area contributed by atoms with Gasteiger partial charge < -0.3 is 19.1 Å². The Morgan fingerprint density at radius 3 is 2.88 bits per heavy atom. The highest BCUT2D eigenvalue weighted by Crippen LogP contribution is 2.27. The summed E-state index contributed by atoms with van der Waals surface area (Å²) in [4.78, 5) is 21.4. The van der Waals surface area contributed by atoms with Crippen molar-refractivity contribution < 1.29 is 19.0 Å². The van der Waals surface area contributed by atoms with Gasteiger partial charge in [0.1, 0.15) is 5.56 Å². The topological polar surface area (TPSA) is 64.1 Å². The first-order chi connectivity index (χ1) is 11.6. The Balaban J connectivity index is 1.78. The van der Waals surface area contributed by atoms with E-state index in [1.165, 1.54) is 14.2 Å². The third-order valence-corrected chi connectivity index (χ3v) is 4.96. The Kier molecular flexibility index (Phi) is 5.20. The molecule has 0 aliphatic carbocycles. The number of amides is 1. The molecule has 2 atom stereocenters. The van der Waals surface area contributed by atoms with E-state index in [1.807, 2.05) is 4.90 Å². The lowest BCUT2D eigenvalue weighted by molar-refractivity contribution is 0.0430. The van der Waals surface area contributed by atoms with Gasteiger partial charge in [-0.15, -0.1) is 0 Å². The molecule has 0 unspecified atom stereocenters. The number of hydrogen-bond acceptors (Lipinski definition) is 6. The highest BCUT2D eigenvalue weighted by atomic mass is 16.5. The van der Waals surface area contributed by atoms with Gasteiger partial charge in [-0.05, 0) is 19.5 Å². The highest BCUT2D eigenvalue weighted by molar-refractivity contribution is 5.96. The van der Waals surface area contributed by atoms with Crippen molar-refractivity contribution in [3.8, 4) is 11.8 Å². The summed E-state index contributed by atoms with van der Waals surface area (Å²) in [5.41, 5.74) is 0.476. The lowest BCUT2D eigenvalue weighted by Crippen LogP contribution is -2.53. The first-order valence-electron chi connectivity index (χ1n) is 8.30. The third-order valence-electron chi connectivity index (χ3n) is 4.96. The normalized spacial score (nSPS) is 24.9. The van der Waals surface area contributed by atoms with Crippen LogP contribution in [0.15, 0.2) is 12.1 Å². The molecule has 3 rings (SSSR count). The number of hydrogen-bond donors (Lipinski definition) is 0. The second kappa shape index (κ2) is 7.36. The van der Waals surface area contributed by atoms with E-state index in [9.17, 15) is 4.79 Å². The second-order valence-electron chi connectivity index (χ2n) is 6.33. The molecule has 0 spiro atoms. The average Bonchev–Trinajstić information content (AvgIpc) is 2.81. The molecule has 1 aromatic heterocycles. The van der Waals surface area contributed by atoms with Crippen LogP contribution in [0.4, 0.5) is 0 Å². The molecular weight excluding hydrogens is 310 g/mol. The smallest absolute Gasteiger partial charge is 0.259 e. The Bertz CT molecular complexity index is 595. The summed E-state index contributed by atoms with van der Waals surface area (Å²) >= 11 is 0. The number of fused-ring (bicyclic) bond motifs is 1. The summed E-state index contributed by atoms with van der Waals surface area (Å²) in [7, 11) is 5.16. The van der Waals surface area contributed by atoms with Gasteiger partial charge in [0.05, 0.1) is 27.4 Å². The van der Waals surface area contributed by atoms with Gasteiger partial charge in [-0.3, -0.25) is 9.69 Å². The minimum absolute atomic E-state index is 0.0426. The second-order valence-corrected chi connectivity index (χ2v) is 6.33. The molecule has 0 saturated carbocycles. The van der Waals surface area contributed by atoms with Crippen molar-refractivity contribution in [2.24, 2.45) is 5.92 Å². The zero-order valence-electron chi connectivity index (χ0n) is 14.5. The van der Waals surface area contributed by atoms with Gasteiger partial charge in [0.25, 0.3) is 5.91 Å². The van der Waals surface area contributed by atoms with Crippen LogP contribution >= 0.6 is 0 Å². The molecule has 0 N–H and O–H groups in total. The highest BCUT2D eigenvalue weighted by Gasteiger charge is 2.36. The predicted molar refractivity (Wildman–Crippen MR) is 88.6 cm³/mol. The number of pyridine rings is 1. The van der Waals surface area contributed by atoms with Crippen LogP contribution in [0.2, 0.25) is 0 Å². The van der Waals surface area contributed by atoms with Crippen molar-refractivity contribution in [3.63, 3.8) is 0 Å². The summed E-state index contributed by atoms with van der Waals surface area (Å²) in [6.07, 6.45) is 0.951. The molecule has 2 saturated heterocycles.